The van der Waals surface area contributed by atoms with Gasteiger partial charge >= 0.3 is 5.97 Å². The van der Waals surface area contributed by atoms with Gasteiger partial charge in [-0.1, -0.05) is 17.8 Å². The van der Waals surface area contributed by atoms with E-state index in [4.69, 9.17) is 9.47 Å². The highest BCUT2D eigenvalue weighted by Gasteiger charge is 2.19. The number of nitrogens with one attached hydrogen (secondary N) is 1. The summed E-state index contributed by atoms with van der Waals surface area (Å²) in [6, 6.07) is 13.8. The van der Waals surface area contributed by atoms with E-state index in [-0.39, 0.29) is 0 Å². The first kappa shape index (κ1) is 21.4. The average Bonchev–Trinajstić information content (AvgIpc) is 3.14. The first-order valence-electron chi connectivity index (χ1n) is 9.15. The van der Waals surface area contributed by atoms with Crippen LogP contribution in [-0.2, 0) is 9.53 Å². The van der Waals surface area contributed by atoms with Crippen LogP contribution in [0.3, 0.4) is 0 Å². The predicted octanol–water partition coefficient (Wildman–Crippen LogP) is 3.49. The molecule has 1 N–H and O–H groups in total. The molecule has 1 atom stereocenters. The van der Waals surface area contributed by atoms with E-state index in [9.17, 15) is 9.59 Å². The van der Waals surface area contributed by atoms with Crippen LogP contribution in [0.15, 0.2) is 53.7 Å². The maximum absolute atomic E-state index is 12.4. The average molecular weight is 426 g/mol. The molecule has 0 fully saturated rings. The highest BCUT2D eigenvalue weighted by molar-refractivity contribution is 7.98. The number of aromatic nitrogens is 3. The summed E-state index contributed by atoms with van der Waals surface area (Å²) in [4.78, 5) is 24.8. The molecule has 3 aromatic rings. The normalized spacial score (nSPS) is 11.6. The van der Waals surface area contributed by atoms with Crippen LogP contribution in [-0.4, -0.2) is 46.1 Å². The Morgan fingerprint density at radius 1 is 1.13 bits per heavy atom. The summed E-state index contributed by atoms with van der Waals surface area (Å²) in [5, 5.41) is 11.6. The fourth-order valence-electron chi connectivity index (χ4n) is 2.75. The number of anilines is 1. The molecule has 0 aliphatic rings. The van der Waals surface area contributed by atoms with Crippen molar-refractivity contribution >= 4 is 29.3 Å². The van der Waals surface area contributed by atoms with E-state index in [1.54, 1.807) is 55.6 Å². The smallest absolute Gasteiger partial charge is 0.338 e. The SMILES string of the molecule is COc1cccc(NC(=O)C(C)OC(=O)c2ccc(-n3c(C)nnc3SC)cc2)c1. The Morgan fingerprint density at radius 3 is 2.53 bits per heavy atom. The lowest BCUT2D eigenvalue weighted by molar-refractivity contribution is -0.123. The zero-order valence-corrected chi connectivity index (χ0v) is 17.9. The summed E-state index contributed by atoms with van der Waals surface area (Å²) in [6.45, 7) is 3.38. The maximum atomic E-state index is 12.4. The second-order valence-electron chi connectivity index (χ2n) is 6.38. The van der Waals surface area contributed by atoms with Crippen molar-refractivity contribution in [1.29, 1.82) is 0 Å². The molecule has 0 aliphatic carbocycles. The van der Waals surface area contributed by atoms with Gasteiger partial charge in [-0.3, -0.25) is 9.36 Å². The van der Waals surface area contributed by atoms with E-state index >= 15 is 0 Å². The topological polar surface area (TPSA) is 95.3 Å². The number of thioether (sulfide) groups is 1. The van der Waals surface area contributed by atoms with Crippen molar-refractivity contribution in [3.63, 3.8) is 0 Å². The third-order valence-electron chi connectivity index (χ3n) is 4.33. The monoisotopic (exact) mass is 426 g/mol. The number of nitrogens with zero attached hydrogens (tertiary/aromatic N) is 3. The van der Waals surface area contributed by atoms with Crippen molar-refractivity contribution in [2.75, 3.05) is 18.7 Å². The number of aryl methyl sites for hydroxylation is 1. The Bertz CT molecular complexity index is 1050. The number of hydrogen-bond acceptors (Lipinski definition) is 7. The van der Waals surface area contributed by atoms with Crippen LogP contribution in [0.2, 0.25) is 0 Å². The minimum atomic E-state index is -0.966. The van der Waals surface area contributed by atoms with Crippen molar-refractivity contribution in [3.8, 4) is 11.4 Å². The number of esters is 1. The summed E-state index contributed by atoms with van der Waals surface area (Å²) < 4.78 is 12.3. The van der Waals surface area contributed by atoms with Crippen LogP contribution in [0.1, 0.15) is 23.1 Å². The van der Waals surface area contributed by atoms with E-state index in [1.165, 1.54) is 18.7 Å². The summed E-state index contributed by atoms with van der Waals surface area (Å²) in [5.74, 6) is 0.348. The maximum Gasteiger partial charge on any atom is 0.338 e. The quantitative estimate of drug-likeness (QED) is 0.456. The number of carbonyl (C=O) groups excluding carboxylic acids is 2. The van der Waals surface area contributed by atoms with Gasteiger partial charge < -0.3 is 14.8 Å². The van der Waals surface area contributed by atoms with Gasteiger partial charge in [0.2, 0.25) is 0 Å². The van der Waals surface area contributed by atoms with Crippen LogP contribution in [0.4, 0.5) is 5.69 Å². The predicted molar refractivity (Wildman–Crippen MR) is 114 cm³/mol. The number of hydrogen-bond donors (Lipinski definition) is 1. The number of amides is 1. The summed E-state index contributed by atoms with van der Waals surface area (Å²) in [7, 11) is 1.54. The zero-order chi connectivity index (χ0) is 21.7. The van der Waals surface area contributed by atoms with Crippen molar-refractivity contribution in [2.45, 2.75) is 25.1 Å². The fourth-order valence-corrected chi connectivity index (χ4v) is 3.29. The van der Waals surface area contributed by atoms with Gasteiger partial charge in [-0.2, -0.15) is 0 Å². The minimum absolute atomic E-state index is 0.344. The van der Waals surface area contributed by atoms with Gasteiger partial charge in [0.1, 0.15) is 11.6 Å². The lowest BCUT2D eigenvalue weighted by Crippen LogP contribution is -2.30. The van der Waals surface area contributed by atoms with Crippen molar-refractivity contribution in [3.05, 3.63) is 59.9 Å². The molecule has 0 bridgehead atoms. The first-order chi connectivity index (χ1) is 14.4. The zero-order valence-electron chi connectivity index (χ0n) is 17.1. The van der Waals surface area contributed by atoms with Crippen molar-refractivity contribution in [2.24, 2.45) is 0 Å². The van der Waals surface area contributed by atoms with Gasteiger partial charge in [-0.05, 0) is 56.5 Å². The summed E-state index contributed by atoms with van der Waals surface area (Å²) in [6.07, 6.45) is 0.954. The van der Waals surface area contributed by atoms with Crippen LogP contribution in [0.25, 0.3) is 5.69 Å². The van der Waals surface area contributed by atoms with Crippen LogP contribution in [0, 0.1) is 6.92 Å². The molecule has 0 spiro atoms. The highest BCUT2D eigenvalue weighted by Crippen LogP contribution is 2.21. The Labute approximate surface area is 178 Å². The van der Waals surface area contributed by atoms with E-state index in [2.05, 4.69) is 15.5 Å². The van der Waals surface area contributed by atoms with Gasteiger partial charge in [0, 0.05) is 17.4 Å². The van der Waals surface area contributed by atoms with Gasteiger partial charge in [0.25, 0.3) is 5.91 Å². The molecule has 1 aromatic heterocycles. The molecule has 156 valence electrons. The number of rotatable bonds is 7. The van der Waals surface area contributed by atoms with Gasteiger partial charge in [0.05, 0.1) is 12.7 Å². The second-order valence-corrected chi connectivity index (χ2v) is 7.16. The van der Waals surface area contributed by atoms with E-state index < -0.39 is 18.0 Å². The van der Waals surface area contributed by atoms with Crippen LogP contribution in [0.5, 0.6) is 5.75 Å². The molecular weight excluding hydrogens is 404 g/mol. The molecule has 8 nitrogen and oxygen atoms in total. The van der Waals surface area contributed by atoms with E-state index in [1.807, 2.05) is 17.7 Å². The molecule has 0 aliphatic heterocycles. The van der Waals surface area contributed by atoms with Gasteiger partial charge in [-0.25, -0.2) is 4.79 Å². The van der Waals surface area contributed by atoms with Crippen molar-refractivity contribution in [1.82, 2.24) is 14.8 Å². The van der Waals surface area contributed by atoms with Crippen LogP contribution < -0.4 is 10.1 Å². The van der Waals surface area contributed by atoms with E-state index in [0.29, 0.717) is 17.0 Å². The third-order valence-corrected chi connectivity index (χ3v) is 4.96. The Hall–Kier alpha value is -3.33. The lowest BCUT2D eigenvalue weighted by Gasteiger charge is -2.14. The number of carbonyl (C=O) groups is 2. The molecule has 9 heteroatoms. The molecule has 3 rings (SSSR count). The molecular formula is C21H22N4O4S. The Morgan fingerprint density at radius 2 is 1.87 bits per heavy atom. The van der Waals surface area contributed by atoms with Crippen molar-refractivity contribution < 1.29 is 19.1 Å². The standard InChI is InChI=1S/C21H22N4O4S/c1-13(19(26)22-16-6-5-7-18(12-16)28-3)29-20(27)15-8-10-17(11-9-15)25-14(2)23-24-21(25)30-4/h5-13H,1-4H3,(H,22,26). The Balaban J connectivity index is 1.65. The fraction of sp³-hybridized carbons (Fsp3) is 0.238. The number of ether oxygens (including phenoxy) is 2. The number of benzene rings is 2. The second kappa shape index (κ2) is 9.45. The molecule has 1 unspecified atom stereocenters. The Kier molecular flexibility index (Phi) is 6.73. The largest absolute Gasteiger partial charge is 0.497 e. The minimum Gasteiger partial charge on any atom is -0.497 e. The molecule has 0 radical (unpaired) electrons. The third kappa shape index (κ3) is 4.80. The lowest BCUT2D eigenvalue weighted by atomic mass is 10.2. The first-order valence-corrected chi connectivity index (χ1v) is 10.4. The summed E-state index contributed by atoms with van der Waals surface area (Å²) >= 11 is 1.48. The molecule has 0 saturated heterocycles. The highest BCUT2D eigenvalue weighted by atomic mass is 32.2. The molecule has 0 saturated carbocycles. The molecule has 2 aromatic carbocycles. The summed E-state index contributed by atoms with van der Waals surface area (Å²) in [5.41, 5.74) is 1.74. The van der Waals surface area contributed by atoms with E-state index in [0.717, 1.165) is 16.7 Å². The van der Waals surface area contributed by atoms with Gasteiger partial charge in [0.15, 0.2) is 11.3 Å². The van der Waals surface area contributed by atoms with Crippen LogP contribution >= 0.6 is 11.8 Å². The molecule has 1 amide bonds. The molecule has 1 heterocycles. The molecule has 30 heavy (non-hydrogen) atoms. The number of methoxy groups -OCH3 is 1. The van der Waals surface area contributed by atoms with Gasteiger partial charge in [-0.15, -0.1) is 10.2 Å².